The van der Waals surface area contributed by atoms with E-state index in [1.807, 2.05) is 18.2 Å². The van der Waals surface area contributed by atoms with E-state index in [0.29, 0.717) is 21.6 Å². The van der Waals surface area contributed by atoms with Crippen LogP contribution in [0.15, 0.2) is 53.0 Å². The molecule has 0 radical (unpaired) electrons. The van der Waals surface area contributed by atoms with Crippen molar-refractivity contribution in [2.24, 2.45) is 0 Å². The minimum absolute atomic E-state index is 0.0818. The van der Waals surface area contributed by atoms with E-state index in [9.17, 15) is 4.79 Å². The summed E-state index contributed by atoms with van der Waals surface area (Å²) in [6, 6.07) is 15.4. The molecule has 2 aromatic carbocycles. The van der Waals surface area contributed by atoms with Crippen molar-refractivity contribution >= 4 is 33.4 Å². The Labute approximate surface area is 132 Å². The minimum Gasteiger partial charge on any atom is -0.352 e. The maximum absolute atomic E-state index is 12.0. The monoisotopic (exact) mass is 351 g/mol. The molecule has 0 aromatic heterocycles. The van der Waals surface area contributed by atoms with E-state index in [4.69, 9.17) is 11.6 Å². The SMILES string of the molecule is O=C(NCCCc1ccccc1)c1ccc(Cl)cc1Br. The molecule has 1 N–H and O–H groups in total. The Morgan fingerprint density at radius 2 is 1.90 bits per heavy atom. The van der Waals surface area contributed by atoms with Crippen molar-refractivity contribution in [3.8, 4) is 0 Å². The summed E-state index contributed by atoms with van der Waals surface area (Å²) in [5.74, 6) is -0.0818. The van der Waals surface area contributed by atoms with Crippen LogP contribution in [0.3, 0.4) is 0 Å². The van der Waals surface area contributed by atoms with E-state index >= 15 is 0 Å². The van der Waals surface area contributed by atoms with Crippen LogP contribution in [-0.2, 0) is 6.42 Å². The van der Waals surface area contributed by atoms with Gasteiger partial charge in [-0.25, -0.2) is 0 Å². The molecule has 0 aliphatic rings. The summed E-state index contributed by atoms with van der Waals surface area (Å²) < 4.78 is 0.713. The number of aryl methyl sites for hydroxylation is 1. The molecule has 0 saturated heterocycles. The first-order valence-electron chi connectivity index (χ1n) is 6.44. The van der Waals surface area contributed by atoms with E-state index in [1.54, 1.807) is 18.2 Å². The van der Waals surface area contributed by atoms with E-state index in [0.717, 1.165) is 12.8 Å². The third-order valence-electron chi connectivity index (χ3n) is 2.95. The molecule has 1 amide bonds. The van der Waals surface area contributed by atoms with Gasteiger partial charge in [-0.05, 0) is 52.5 Å². The van der Waals surface area contributed by atoms with Crippen LogP contribution in [0, 0.1) is 0 Å². The fourth-order valence-corrected chi connectivity index (χ4v) is 2.77. The molecule has 0 fully saturated rings. The van der Waals surface area contributed by atoms with Crippen molar-refractivity contribution in [1.29, 1.82) is 0 Å². The molecule has 2 rings (SSSR count). The van der Waals surface area contributed by atoms with Crippen molar-refractivity contribution in [3.63, 3.8) is 0 Å². The number of hydrogen-bond acceptors (Lipinski definition) is 1. The van der Waals surface area contributed by atoms with Crippen LogP contribution in [-0.4, -0.2) is 12.5 Å². The number of carbonyl (C=O) groups is 1. The Bertz CT molecular complexity index is 586. The van der Waals surface area contributed by atoms with Gasteiger partial charge in [-0.15, -0.1) is 0 Å². The fourth-order valence-electron chi connectivity index (χ4n) is 1.91. The molecule has 20 heavy (non-hydrogen) atoms. The van der Waals surface area contributed by atoms with Crippen LogP contribution in [0.1, 0.15) is 22.3 Å². The van der Waals surface area contributed by atoms with Crippen molar-refractivity contribution in [2.75, 3.05) is 6.54 Å². The first-order valence-corrected chi connectivity index (χ1v) is 7.61. The lowest BCUT2D eigenvalue weighted by Gasteiger charge is -2.07. The number of hydrogen-bond donors (Lipinski definition) is 1. The van der Waals surface area contributed by atoms with Gasteiger partial charge in [0, 0.05) is 16.0 Å². The summed E-state index contributed by atoms with van der Waals surface area (Å²) in [4.78, 5) is 12.0. The normalized spacial score (nSPS) is 10.3. The number of benzene rings is 2. The molecule has 2 nitrogen and oxygen atoms in total. The Kier molecular flexibility index (Phi) is 5.62. The highest BCUT2D eigenvalue weighted by atomic mass is 79.9. The van der Waals surface area contributed by atoms with Gasteiger partial charge < -0.3 is 5.32 Å². The van der Waals surface area contributed by atoms with Crippen LogP contribution in [0.5, 0.6) is 0 Å². The smallest absolute Gasteiger partial charge is 0.252 e. The van der Waals surface area contributed by atoms with Gasteiger partial charge >= 0.3 is 0 Å². The van der Waals surface area contributed by atoms with Gasteiger partial charge in [0.25, 0.3) is 5.91 Å². The molecule has 0 spiro atoms. The molecule has 0 aliphatic heterocycles. The molecule has 104 valence electrons. The summed E-state index contributed by atoms with van der Waals surface area (Å²) in [5, 5.41) is 3.53. The van der Waals surface area contributed by atoms with Crippen LogP contribution in [0.4, 0.5) is 0 Å². The van der Waals surface area contributed by atoms with Crippen LogP contribution >= 0.6 is 27.5 Å². The molecule has 0 saturated carbocycles. The van der Waals surface area contributed by atoms with Crippen molar-refractivity contribution in [2.45, 2.75) is 12.8 Å². The summed E-state index contributed by atoms with van der Waals surface area (Å²) >= 11 is 9.20. The number of carbonyl (C=O) groups excluding carboxylic acids is 1. The fraction of sp³-hybridized carbons (Fsp3) is 0.188. The first kappa shape index (κ1) is 15.1. The zero-order valence-corrected chi connectivity index (χ0v) is 13.2. The van der Waals surface area contributed by atoms with Crippen LogP contribution in [0.25, 0.3) is 0 Å². The predicted molar refractivity (Wildman–Crippen MR) is 86.2 cm³/mol. The van der Waals surface area contributed by atoms with Gasteiger partial charge in [0.05, 0.1) is 5.56 Å². The zero-order valence-electron chi connectivity index (χ0n) is 10.9. The standard InChI is InChI=1S/C16H15BrClNO/c17-15-11-13(18)8-9-14(15)16(20)19-10-4-7-12-5-2-1-3-6-12/h1-3,5-6,8-9,11H,4,7,10H2,(H,19,20). The maximum Gasteiger partial charge on any atom is 0.252 e. The largest absolute Gasteiger partial charge is 0.352 e. The molecule has 0 atom stereocenters. The average Bonchev–Trinajstić information content (AvgIpc) is 2.44. The van der Waals surface area contributed by atoms with Crippen LogP contribution in [0.2, 0.25) is 5.02 Å². The predicted octanol–water partition coefficient (Wildman–Crippen LogP) is 4.47. The summed E-state index contributed by atoms with van der Waals surface area (Å²) in [5.41, 5.74) is 1.89. The van der Waals surface area contributed by atoms with Gasteiger partial charge in [0.15, 0.2) is 0 Å². The highest BCUT2D eigenvalue weighted by Gasteiger charge is 2.09. The molecule has 4 heteroatoms. The molecule has 0 aliphatic carbocycles. The minimum atomic E-state index is -0.0818. The van der Waals surface area contributed by atoms with Gasteiger partial charge in [0.1, 0.15) is 0 Å². The van der Waals surface area contributed by atoms with Gasteiger partial charge in [0.2, 0.25) is 0 Å². The topological polar surface area (TPSA) is 29.1 Å². The lowest BCUT2D eigenvalue weighted by Crippen LogP contribution is -2.25. The van der Waals surface area contributed by atoms with Crippen molar-refractivity contribution in [1.82, 2.24) is 5.32 Å². The molecular weight excluding hydrogens is 338 g/mol. The van der Waals surface area contributed by atoms with Gasteiger partial charge in [-0.1, -0.05) is 41.9 Å². The molecule has 0 bridgehead atoms. The summed E-state index contributed by atoms with van der Waals surface area (Å²) in [7, 11) is 0. The highest BCUT2D eigenvalue weighted by molar-refractivity contribution is 9.10. The lowest BCUT2D eigenvalue weighted by molar-refractivity contribution is 0.0952. The van der Waals surface area contributed by atoms with Gasteiger partial charge in [-0.3, -0.25) is 4.79 Å². The third-order valence-corrected chi connectivity index (χ3v) is 3.84. The molecule has 0 heterocycles. The van der Waals surface area contributed by atoms with E-state index in [1.165, 1.54) is 5.56 Å². The number of rotatable bonds is 5. The summed E-state index contributed by atoms with van der Waals surface area (Å²) in [6.07, 6.45) is 1.88. The van der Waals surface area contributed by atoms with Crippen molar-refractivity contribution in [3.05, 3.63) is 69.2 Å². The Morgan fingerprint density at radius 1 is 1.15 bits per heavy atom. The Balaban J connectivity index is 1.80. The molecular formula is C16H15BrClNO. The second-order valence-electron chi connectivity index (χ2n) is 4.47. The van der Waals surface area contributed by atoms with Gasteiger partial charge in [-0.2, -0.15) is 0 Å². The Morgan fingerprint density at radius 3 is 2.60 bits per heavy atom. The quantitative estimate of drug-likeness (QED) is 0.791. The second kappa shape index (κ2) is 7.46. The van der Waals surface area contributed by atoms with E-state index < -0.39 is 0 Å². The number of halogens is 2. The highest BCUT2D eigenvalue weighted by Crippen LogP contribution is 2.21. The second-order valence-corrected chi connectivity index (χ2v) is 5.76. The summed E-state index contributed by atoms with van der Waals surface area (Å²) in [6.45, 7) is 0.656. The first-order chi connectivity index (χ1) is 9.66. The maximum atomic E-state index is 12.0. The van der Waals surface area contributed by atoms with Crippen molar-refractivity contribution < 1.29 is 4.79 Å². The molecule has 2 aromatic rings. The van der Waals surface area contributed by atoms with Crippen LogP contribution < -0.4 is 5.32 Å². The number of amides is 1. The zero-order chi connectivity index (χ0) is 14.4. The average molecular weight is 353 g/mol. The Hall–Kier alpha value is -1.32. The number of nitrogens with one attached hydrogen (secondary N) is 1. The molecule has 0 unspecified atom stereocenters. The lowest BCUT2D eigenvalue weighted by atomic mass is 10.1. The van der Waals surface area contributed by atoms with E-state index in [2.05, 4.69) is 33.4 Å². The van der Waals surface area contributed by atoms with E-state index in [-0.39, 0.29) is 5.91 Å². The third kappa shape index (κ3) is 4.36.